The predicted molar refractivity (Wildman–Crippen MR) is 64.5 cm³/mol. The first-order chi connectivity index (χ1) is 7.66. The van der Waals surface area contributed by atoms with Crippen molar-refractivity contribution in [1.29, 1.82) is 0 Å². The van der Waals surface area contributed by atoms with Crippen molar-refractivity contribution < 1.29 is 4.79 Å². The summed E-state index contributed by atoms with van der Waals surface area (Å²) in [6, 6.07) is 1.83. The number of carbonyl (C=O) groups is 1. The third-order valence-electron chi connectivity index (χ3n) is 2.61. The van der Waals surface area contributed by atoms with Gasteiger partial charge in [0, 0.05) is 12.1 Å². The third-order valence-corrected chi connectivity index (χ3v) is 2.91. The summed E-state index contributed by atoms with van der Waals surface area (Å²) in [7, 11) is 0. The van der Waals surface area contributed by atoms with Gasteiger partial charge in [-0.2, -0.15) is 0 Å². The minimum atomic E-state index is 0.0132. The Balaban J connectivity index is 2.08. The molecule has 1 aromatic rings. The van der Waals surface area contributed by atoms with Crippen molar-refractivity contribution in [3.63, 3.8) is 0 Å². The molecule has 0 saturated carbocycles. The molecule has 0 bridgehead atoms. The van der Waals surface area contributed by atoms with Crippen LogP contribution < -0.4 is 5.32 Å². The number of hydrogen-bond acceptors (Lipinski definition) is 2. The van der Waals surface area contributed by atoms with E-state index in [0.29, 0.717) is 10.8 Å². The molecular formula is C12H13ClN2O. The molecule has 0 spiro atoms. The molecule has 1 aromatic heterocycles. The van der Waals surface area contributed by atoms with Crippen LogP contribution in [0.4, 0.5) is 5.69 Å². The normalized spacial score (nSPS) is 15.4. The van der Waals surface area contributed by atoms with Gasteiger partial charge in [0.15, 0.2) is 5.15 Å². The summed E-state index contributed by atoms with van der Waals surface area (Å²) in [4.78, 5) is 15.8. The van der Waals surface area contributed by atoms with Crippen LogP contribution in [0.25, 0.3) is 0 Å². The molecule has 0 saturated heterocycles. The fourth-order valence-electron chi connectivity index (χ4n) is 1.71. The molecule has 1 aliphatic rings. The van der Waals surface area contributed by atoms with Crippen LogP contribution in [0.1, 0.15) is 18.4 Å². The van der Waals surface area contributed by atoms with Gasteiger partial charge in [-0.3, -0.25) is 4.79 Å². The van der Waals surface area contributed by atoms with Crippen LogP contribution in [0, 0.1) is 12.8 Å². The maximum atomic E-state index is 11.8. The second kappa shape index (κ2) is 4.66. The quantitative estimate of drug-likeness (QED) is 0.634. The minimum absolute atomic E-state index is 0.0132. The lowest BCUT2D eigenvalue weighted by molar-refractivity contribution is -0.119. The van der Waals surface area contributed by atoms with Crippen molar-refractivity contribution in [3.05, 3.63) is 35.1 Å². The van der Waals surface area contributed by atoms with Crippen molar-refractivity contribution in [1.82, 2.24) is 4.98 Å². The van der Waals surface area contributed by atoms with E-state index in [4.69, 9.17) is 11.6 Å². The zero-order valence-corrected chi connectivity index (χ0v) is 9.79. The van der Waals surface area contributed by atoms with Gasteiger partial charge >= 0.3 is 0 Å². The average molecular weight is 237 g/mol. The number of aryl methyl sites for hydroxylation is 1. The Morgan fingerprint density at radius 3 is 2.88 bits per heavy atom. The maximum Gasteiger partial charge on any atom is 0.228 e. The van der Waals surface area contributed by atoms with Crippen molar-refractivity contribution in [2.24, 2.45) is 5.92 Å². The number of nitrogens with one attached hydrogen (secondary N) is 1. The smallest absolute Gasteiger partial charge is 0.228 e. The van der Waals surface area contributed by atoms with E-state index in [2.05, 4.69) is 10.3 Å². The predicted octanol–water partition coefficient (Wildman–Crippen LogP) is 2.95. The summed E-state index contributed by atoms with van der Waals surface area (Å²) >= 11 is 5.91. The molecule has 84 valence electrons. The standard InChI is InChI=1S/C12H13ClN2O/c1-8-6-10(11(13)14-7-8)15-12(16)9-4-2-3-5-9/h2-3,6-7,9H,4-5H2,1H3,(H,15,16). The average Bonchev–Trinajstić information content (AvgIpc) is 2.76. The number of anilines is 1. The Morgan fingerprint density at radius 2 is 2.19 bits per heavy atom. The first-order valence-corrected chi connectivity index (χ1v) is 5.62. The van der Waals surface area contributed by atoms with E-state index in [1.54, 1.807) is 6.20 Å². The number of pyridine rings is 1. The van der Waals surface area contributed by atoms with Gasteiger partial charge in [-0.05, 0) is 31.4 Å². The number of rotatable bonds is 2. The Morgan fingerprint density at radius 1 is 1.50 bits per heavy atom. The fraction of sp³-hybridized carbons (Fsp3) is 0.333. The van der Waals surface area contributed by atoms with Crippen molar-refractivity contribution in [2.45, 2.75) is 19.8 Å². The van der Waals surface area contributed by atoms with Gasteiger partial charge in [-0.25, -0.2) is 4.98 Å². The highest BCUT2D eigenvalue weighted by molar-refractivity contribution is 6.32. The van der Waals surface area contributed by atoms with Crippen molar-refractivity contribution in [2.75, 3.05) is 5.32 Å². The van der Waals surface area contributed by atoms with E-state index in [9.17, 15) is 4.79 Å². The molecule has 1 N–H and O–H groups in total. The number of amides is 1. The lowest BCUT2D eigenvalue weighted by Gasteiger charge is -2.11. The largest absolute Gasteiger partial charge is 0.323 e. The van der Waals surface area contributed by atoms with Crippen LogP contribution >= 0.6 is 11.6 Å². The third kappa shape index (κ3) is 2.42. The van der Waals surface area contributed by atoms with Crippen LogP contribution in [0.5, 0.6) is 0 Å². The van der Waals surface area contributed by atoms with Crippen LogP contribution in [0.2, 0.25) is 5.15 Å². The molecular weight excluding hydrogens is 224 g/mol. The van der Waals surface area contributed by atoms with Gasteiger partial charge in [0.1, 0.15) is 0 Å². The Hall–Kier alpha value is -1.35. The number of halogens is 1. The summed E-state index contributed by atoms with van der Waals surface area (Å²) < 4.78 is 0. The van der Waals surface area contributed by atoms with Gasteiger partial charge in [0.2, 0.25) is 5.91 Å². The number of carbonyl (C=O) groups excluding carboxylic acids is 1. The Labute approximate surface area is 99.5 Å². The van der Waals surface area contributed by atoms with Gasteiger partial charge < -0.3 is 5.32 Å². The fourth-order valence-corrected chi connectivity index (χ4v) is 1.86. The second-order valence-corrected chi connectivity index (χ2v) is 4.34. The molecule has 0 aromatic carbocycles. The van der Waals surface area contributed by atoms with Gasteiger partial charge in [0.05, 0.1) is 5.69 Å². The molecule has 16 heavy (non-hydrogen) atoms. The molecule has 2 rings (SSSR count). The van der Waals surface area contributed by atoms with E-state index in [1.807, 2.05) is 25.1 Å². The molecule has 1 aliphatic carbocycles. The molecule has 0 atom stereocenters. The molecule has 0 fully saturated rings. The SMILES string of the molecule is Cc1cnc(Cl)c(NC(=O)C2CC=CC2)c1. The van der Waals surface area contributed by atoms with Crippen molar-refractivity contribution >= 4 is 23.2 Å². The zero-order valence-electron chi connectivity index (χ0n) is 9.03. The monoisotopic (exact) mass is 236 g/mol. The first-order valence-electron chi connectivity index (χ1n) is 5.25. The second-order valence-electron chi connectivity index (χ2n) is 3.98. The van der Waals surface area contributed by atoms with E-state index in [-0.39, 0.29) is 11.8 Å². The molecule has 1 heterocycles. The highest BCUT2D eigenvalue weighted by atomic mass is 35.5. The number of aromatic nitrogens is 1. The molecule has 1 amide bonds. The van der Waals surface area contributed by atoms with Crippen LogP contribution in [-0.4, -0.2) is 10.9 Å². The van der Waals surface area contributed by atoms with E-state index < -0.39 is 0 Å². The Kier molecular flexibility index (Phi) is 3.25. The molecule has 0 unspecified atom stereocenters. The lowest BCUT2D eigenvalue weighted by Crippen LogP contribution is -2.20. The van der Waals surface area contributed by atoms with E-state index in [1.165, 1.54) is 0 Å². The summed E-state index contributed by atoms with van der Waals surface area (Å²) in [6.45, 7) is 1.91. The topological polar surface area (TPSA) is 42.0 Å². The minimum Gasteiger partial charge on any atom is -0.323 e. The van der Waals surface area contributed by atoms with E-state index >= 15 is 0 Å². The molecule has 0 radical (unpaired) electrons. The molecule has 0 aliphatic heterocycles. The summed E-state index contributed by atoms with van der Waals surface area (Å²) in [5.41, 5.74) is 1.57. The van der Waals surface area contributed by atoms with Gasteiger partial charge in [-0.15, -0.1) is 0 Å². The molecule has 3 nitrogen and oxygen atoms in total. The summed E-state index contributed by atoms with van der Waals surface area (Å²) in [5.74, 6) is 0.0517. The number of nitrogens with zero attached hydrogens (tertiary/aromatic N) is 1. The highest BCUT2D eigenvalue weighted by Crippen LogP contribution is 2.23. The van der Waals surface area contributed by atoms with Crippen LogP contribution in [0.3, 0.4) is 0 Å². The maximum absolute atomic E-state index is 11.8. The van der Waals surface area contributed by atoms with Gasteiger partial charge in [-0.1, -0.05) is 23.8 Å². The van der Waals surface area contributed by atoms with Crippen LogP contribution in [0.15, 0.2) is 24.4 Å². The summed E-state index contributed by atoms with van der Waals surface area (Å²) in [5, 5.41) is 3.16. The number of hydrogen-bond donors (Lipinski definition) is 1. The van der Waals surface area contributed by atoms with E-state index in [0.717, 1.165) is 18.4 Å². The lowest BCUT2D eigenvalue weighted by atomic mass is 10.1. The van der Waals surface area contributed by atoms with Crippen molar-refractivity contribution in [3.8, 4) is 0 Å². The zero-order chi connectivity index (χ0) is 11.5. The molecule has 4 heteroatoms. The highest BCUT2D eigenvalue weighted by Gasteiger charge is 2.20. The Bertz CT molecular complexity index is 435. The van der Waals surface area contributed by atoms with Crippen LogP contribution in [-0.2, 0) is 4.79 Å². The first kappa shape index (κ1) is 11.1. The summed E-state index contributed by atoms with van der Waals surface area (Å²) in [6.07, 6.45) is 7.35. The van der Waals surface area contributed by atoms with Gasteiger partial charge in [0.25, 0.3) is 0 Å². The number of allylic oxidation sites excluding steroid dienone is 2.